The highest BCUT2D eigenvalue weighted by Crippen LogP contribution is 2.28. The van der Waals surface area contributed by atoms with Crippen molar-refractivity contribution in [2.45, 2.75) is 4.90 Å². The number of para-hydroxylation sites is 1. The fourth-order valence-electron chi connectivity index (χ4n) is 1.40. The van der Waals surface area contributed by atoms with Crippen molar-refractivity contribution in [1.29, 1.82) is 0 Å². The maximum absolute atomic E-state index is 10.7. The lowest BCUT2D eigenvalue weighted by molar-refractivity contribution is 0.0663. The van der Waals surface area contributed by atoms with Gasteiger partial charge >= 0.3 is 5.97 Å². The number of anilines is 2. The number of rotatable bonds is 4. The minimum atomic E-state index is -1.07. The Labute approximate surface area is 103 Å². The fraction of sp³-hybridized carbons (Fsp3) is 0.0833. The van der Waals surface area contributed by atoms with E-state index >= 15 is 0 Å². The van der Waals surface area contributed by atoms with Gasteiger partial charge in [-0.15, -0.1) is 11.8 Å². The van der Waals surface area contributed by atoms with Crippen molar-refractivity contribution < 1.29 is 14.3 Å². The number of carboxylic acids is 1. The van der Waals surface area contributed by atoms with Crippen LogP contribution in [0.25, 0.3) is 0 Å². The standard InChI is InChI=1S/C12H11NO3S/c1-17-10-5-3-2-4-8(10)13-11-7-6-9(16-11)12(14)15/h2-7,13H,1H3,(H,14,15). The molecule has 0 unspecified atom stereocenters. The fourth-order valence-corrected chi connectivity index (χ4v) is 1.95. The number of carbonyl (C=O) groups is 1. The third-order valence-electron chi connectivity index (χ3n) is 2.18. The quantitative estimate of drug-likeness (QED) is 0.813. The van der Waals surface area contributed by atoms with Crippen LogP contribution in [0, 0.1) is 0 Å². The van der Waals surface area contributed by atoms with E-state index in [-0.39, 0.29) is 5.76 Å². The zero-order valence-electron chi connectivity index (χ0n) is 9.14. The Balaban J connectivity index is 2.22. The molecule has 0 fully saturated rings. The predicted molar refractivity (Wildman–Crippen MR) is 67.2 cm³/mol. The topological polar surface area (TPSA) is 62.5 Å². The first kappa shape index (κ1) is 11.6. The highest BCUT2D eigenvalue weighted by atomic mass is 32.2. The van der Waals surface area contributed by atoms with E-state index < -0.39 is 5.97 Å². The summed E-state index contributed by atoms with van der Waals surface area (Å²) in [6.07, 6.45) is 1.98. The van der Waals surface area contributed by atoms with Crippen LogP contribution in [0.15, 0.2) is 45.7 Å². The molecule has 4 nitrogen and oxygen atoms in total. The van der Waals surface area contributed by atoms with Crippen molar-refractivity contribution in [3.05, 3.63) is 42.2 Å². The Bertz CT molecular complexity index is 536. The molecule has 0 saturated carbocycles. The first-order chi connectivity index (χ1) is 8.20. The average Bonchev–Trinajstić information content (AvgIpc) is 2.78. The van der Waals surface area contributed by atoms with E-state index in [0.29, 0.717) is 5.88 Å². The van der Waals surface area contributed by atoms with Gasteiger partial charge in [0.05, 0.1) is 5.69 Å². The molecule has 88 valence electrons. The number of furan rings is 1. The summed E-state index contributed by atoms with van der Waals surface area (Å²) >= 11 is 1.61. The second-order valence-electron chi connectivity index (χ2n) is 3.29. The van der Waals surface area contributed by atoms with Gasteiger partial charge in [0.1, 0.15) is 0 Å². The van der Waals surface area contributed by atoms with Crippen molar-refractivity contribution in [3.8, 4) is 0 Å². The molecule has 17 heavy (non-hydrogen) atoms. The highest BCUT2D eigenvalue weighted by Gasteiger charge is 2.09. The molecule has 2 rings (SSSR count). The molecule has 0 spiro atoms. The van der Waals surface area contributed by atoms with Gasteiger partial charge in [0.15, 0.2) is 5.88 Å². The number of hydrogen-bond donors (Lipinski definition) is 2. The van der Waals surface area contributed by atoms with Crippen LogP contribution in [-0.2, 0) is 0 Å². The minimum Gasteiger partial charge on any atom is -0.475 e. The van der Waals surface area contributed by atoms with Crippen molar-refractivity contribution >= 4 is 29.3 Å². The van der Waals surface area contributed by atoms with E-state index in [2.05, 4.69) is 5.32 Å². The summed E-state index contributed by atoms with van der Waals surface area (Å²) in [6.45, 7) is 0. The van der Waals surface area contributed by atoms with E-state index in [1.807, 2.05) is 30.5 Å². The zero-order chi connectivity index (χ0) is 12.3. The van der Waals surface area contributed by atoms with Crippen LogP contribution in [0.4, 0.5) is 11.6 Å². The zero-order valence-corrected chi connectivity index (χ0v) is 9.95. The third kappa shape index (κ3) is 2.62. The molecule has 2 N–H and O–H groups in total. The summed E-state index contributed by atoms with van der Waals surface area (Å²) in [7, 11) is 0. The molecule has 0 bridgehead atoms. The molecular formula is C12H11NO3S. The first-order valence-corrected chi connectivity index (χ1v) is 6.16. The molecule has 1 heterocycles. The second-order valence-corrected chi connectivity index (χ2v) is 4.14. The molecular weight excluding hydrogens is 238 g/mol. The Morgan fingerprint density at radius 3 is 2.71 bits per heavy atom. The largest absolute Gasteiger partial charge is 0.475 e. The number of carboxylic acid groups (broad SMARTS) is 1. The Kier molecular flexibility index (Phi) is 3.39. The van der Waals surface area contributed by atoms with Crippen molar-refractivity contribution in [2.24, 2.45) is 0 Å². The molecule has 1 aromatic carbocycles. The van der Waals surface area contributed by atoms with Crippen LogP contribution in [0.5, 0.6) is 0 Å². The molecule has 0 aliphatic heterocycles. The van der Waals surface area contributed by atoms with Gasteiger partial charge in [-0.1, -0.05) is 12.1 Å². The van der Waals surface area contributed by atoms with Crippen molar-refractivity contribution in [1.82, 2.24) is 0 Å². The smallest absolute Gasteiger partial charge is 0.371 e. The Hall–Kier alpha value is -1.88. The summed E-state index contributed by atoms with van der Waals surface area (Å²) < 4.78 is 5.13. The molecule has 2 aromatic rings. The third-order valence-corrected chi connectivity index (χ3v) is 2.98. The summed E-state index contributed by atoms with van der Waals surface area (Å²) in [6, 6.07) is 10.8. The van der Waals surface area contributed by atoms with Gasteiger partial charge < -0.3 is 14.8 Å². The number of aromatic carboxylic acids is 1. The lowest BCUT2D eigenvalue weighted by Crippen LogP contribution is -1.93. The number of nitrogens with one attached hydrogen (secondary N) is 1. The molecule has 0 saturated heterocycles. The van der Waals surface area contributed by atoms with E-state index in [0.717, 1.165) is 10.6 Å². The van der Waals surface area contributed by atoms with Crippen LogP contribution >= 0.6 is 11.8 Å². The van der Waals surface area contributed by atoms with Crippen molar-refractivity contribution in [2.75, 3.05) is 11.6 Å². The van der Waals surface area contributed by atoms with Gasteiger partial charge in [0.2, 0.25) is 5.76 Å². The lowest BCUT2D eigenvalue weighted by atomic mass is 10.3. The van der Waals surface area contributed by atoms with E-state index in [1.165, 1.54) is 6.07 Å². The van der Waals surface area contributed by atoms with Gasteiger partial charge in [-0.05, 0) is 24.5 Å². The van der Waals surface area contributed by atoms with Crippen LogP contribution in [0.2, 0.25) is 0 Å². The van der Waals surface area contributed by atoms with Crippen LogP contribution in [0.3, 0.4) is 0 Å². The van der Waals surface area contributed by atoms with Crippen LogP contribution < -0.4 is 5.32 Å². The molecule has 0 atom stereocenters. The molecule has 0 amide bonds. The maximum Gasteiger partial charge on any atom is 0.371 e. The second kappa shape index (κ2) is 4.97. The lowest BCUT2D eigenvalue weighted by Gasteiger charge is -2.07. The minimum absolute atomic E-state index is 0.0749. The highest BCUT2D eigenvalue weighted by molar-refractivity contribution is 7.98. The van der Waals surface area contributed by atoms with Crippen molar-refractivity contribution in [3.63, 3.8) is 0 Å². The first-order valence-electron chi connectivity index (χ1n) is 4.94. The predicted octanol–water partition coefficient (Wildman–Crippen LogP) is 3.44. The summed E-state index contributed by atoms with van der Waals surface area (Å²) in [5.41, 5.74) is 0.895. The van der Waals surface area contributed by atoms with Gasteiger partial charge in [-0.2, -0.15) is 0 Å². The normalized spacial score (nSPS) is 10.2. The Morgan fingerprint density at radius 2 is 2.06 bits per heavy atom. The summed E-state index contributed by atoms with van der Waals surface area (Å²) in [5.74, 6) is -0.728. The van der Waals surface area contributed by atoms with E-state index in [9.17, 15) is 4.79 Å². The van der Waals surface area contributed by atoms with Gasteiger partial charge in [-0.3, -0.25) is 0 Å². The van der Waals surface area contributed by atoms with Crippen LogP contribution in [-0.4, -0.2) is 17.3 Å². The summed E-state index contributed by atoms with van der Waals surface area (Å²) in [4.78, 5) is 11.7. The van der Waals surface area contributed by atoms with E-state index in [4.69, 9.17) is 9.52 Å². The Morgan fingerprint density at radius 1 is 1.29 bits per heavy atom. The monoisotopic (exact) mass is 249 g/mol. The van der Waals surface area contributed by atoms with Crippen LogP contribution in [0.1, 0.15) is 10.6 Å². The number of thioether (sulfide) groups is 1. The van der Waals surface area contributed by atoms with Gasteiger partial charge in [-0.25, -0.2) is 4.79 Å². The molecule has 1 aromatic heterocycles. The number of hydrogen-bond acceptors (Lipinski definition) is 4. The average molecular weight is 249 g/mol. The molecule has 0 aliphatic carbocycles. The maximum atomic E-state index is 10.7. The van der Waals surface area contributed by atoms with Gasteiger partial charge in [0, 0.05) is 11.0 Å². The SMILES string of the molecule is CSc1ccccc1Nc1ccc(C(=O)O)o1. The molecule has 0 aliphatic rings. The molecule has 0 radical (unpaired) electrons. The molecule has 5 heteroatoms. The van der Waals surface area contributed by atoms with Gasteiger partial charge in [0.25, 0.3) is 0 Å². The summed E-state index contributed by atoms with van der Waals surface area (Å²) in [5, 5.41) is 11.8. The number of benzene rings is 1. The van der Waals surface area contributed by atoms with E-state index in [1.54, 1.807) is 17.8 Å².